The SMILES string of the molecule is O=[N+]([O-])c1cc(S(=O)(=O)Nc2ccc(N=Nc3ccccc3)cc2)ccc1F. The van der Waals surface area contributed by atoms with Crippen LogP contribution in [0.1, 0.15) is 0 Å². The van der Waals surface area contributed by atoms with E-state index >= 15 is 0 Å². The van der Waals surface area contributed by atoms with Crippen molar-refractivity contribution in [2.75, 3.05) is 4.72 Å². The van der Waals surface area contributed by atoms with Crippen LogP contribution in [0.15, 0.2) is 87.9 Å². The molecular formula is C18H13FN4O4S. The summed E-state index contributed by atoms with van der Waals surface area (Å²) in [5.41, 5.74) is 0.472. The highest BCUT2D eigenvalue weighted by Gasteiger charge is 2.21. The lowest BCUT2D eigenvalue weighted by Crippen LogP contribution is -2.13. The summed E-state index contributed by atoms with van der Waals surface area (Å²) in [7, 11) is -4.13. The van der Waals surface area contributed by atoms with Crippen LogP contribution in [0.4, 0.5) is 27.1 Å². The van der Waals surface area contributed by atoms with Gasteiger partial charge in [0.1, 0.15) is 0 Å². The van der Waals surface area contributed by atoms with Gasteiger partial charge in [-0.1, -0.05) is 18.2 Å². The fourth-order valence-electron chi connectivity index (χ4n) is 2.22. The van der Waals surface area contributed by atoms with E-state index in [-0.39, 0.29) is 5.69 Å². The van der Waals surface area contributed by atoms with Gasteiger partial charge in [0, 0.05) is 11.8 Å². The van der Waals surface area contributed by atoms with Gasteiger partial charge in [0.2, 0.25) is 5.82 Å². The maximum Gasteiger partial charge on any atom is 0.306 e. The molecule has 0 amide bonds. The van der Waals surface area contributed by atoms with Crippen molar-refractivity contribution in [1.29, 1.82) is 0 Å². The normalized spacial score (nSPS) is 11.5. The summed E-state index contributed by atoms with van der Waals surface area (Å²) in [5.74, 6) is -1.11. The first-order valence-corrected chi connectivity index (χ1v) is 9.37. The minimum atomic E-state index is -4.13. The first-order chi connectivity index (χ1) is 13.3. The molecule has 8 nitrogen and oxygen atoms in total. The zero-order chi connectivity index (χ0) is 20.1. The van der Waals surface area contributed by atoms with E-state index in [9.17, 15) is 22.9 Å². The van der Waals surface area contributed by atoms with Crippen LogP contribution in [0.25, 0.3) is 0 Å². The summed E-state index contributed by atoms with van der Waals surface area (Å²) >= 11 is 0. The highest BCUT2D eigenvalue weighted by Crippen LogP contribution is 2.25. The Hall–Kier alpha value is -3.66. The number of nitrogens with zero attached hydrogens (tertiary/aromatic N) is 3. The Labute approximate surface area is 159 Å². The monoisotopic (exact) mass is 400 g/mol. The van der Waals surface area contributed by atoms with Crippen molar-refractivity contribution < 1.29 is 17.7 Å². The number of nitrogens with one attached hydrogen (secondary N) is 1. The van der Waals surface area contributed by atoms with Gasteiger partial charge in [-0.05, 0) is 48.5 Å². The zero-order valence-corrected chi connectivity index (χ0v) is 15.0. The van der Waals surface area contributed by atoms with Crippen LogP contribution in [-0.2, 0) is 10.0 Å². The number of halogens is 1. The van der Waals surface area contributed by atoms with E-state index in [4.69, 9.17) is 0 Å². The number of sulfonamides is 1. The number of nitro benzene ring substituents is 1. The van der Waals surface area contributed by atoms with E-state index in [0.717, 1.165) is 12.1 Å². The van der Waals surface area contributed by atoms with Gasteiger partial charge >= 0.3 is 5.69 Å². The lowest BCUT2D eigenvalue weighted by Gasteiger charge is -2.08. The van der Waals surface area contributed by atoms with Crippen LogP contribution in [0.2, 0.25) is 0 Å². The molecule has 1 N–H and O–H groups in total. The fraction of sp³-hybridized carbons (Fsp3) is 0. The quantitative estimate of drug-likeness (QED) is 0.358. The largest absolute Gasteiger partial charge is 0.306 e. The molecule has 3 aromatic carbocycles. The molecule has 28 heavy (non-hydrogen) atoms. The van der Waals surface area contributed by atoms with Crippen molar-refractivity contribution in [2.45, 2.75) is 4.90 Å². The maximum atomic E-state index is 13.4. The molecule has 0 aliphatic heterocycles. The predicted molar refractivity (Wildman–Crippen MR) is 101 cm³/mol. The number of hydrogen-bond donors (Lipinski definition) is 1. The van der Waals surface area contributed by atoms with Crippen molar-refractivity contribution in [2.24, 2.45) is 10.2 Å². The molecule has 0 atom stereocenters. The lowest BCUT2D eigenvalue weighted by molar-refractivity contribution is -0.387. The van der Waals surface area contributed by atoms with E-state index < -0.39 is 31.3 Å². The smallest absolute Gasteiger partial charge is 0.280 e. The van der Waals surface area contributed by atoms with Gasteiger partial charge in [-0.3, -0.25) is 14.8 Å². The van der Waals surface area contributed by atoms with Gasteiger partial charge < -0.3 is 0 Å². The number of nitro groups is 1. The Morgan fingerprint density at radius 3 is 2.11 bits per heavy atom. The van der Waals surface area contributed by atoms with Gasteiger partial charge in [-0.2, -0.15) is 14.6 Å². The van der Waals surface area contributed by atoms with Crippen molar-refractivity contribution in [1.82, 2.24) is 0 Å². The summed E-state index contributed by atoms with van der Waals surface area (Å²) in [6.45, 7) is 0. The molecule has 0 saturated heterocycles. The van der Waals surface area contributed by atoms with E-state index in [2.05, 4.69) is 15.0 Å². The molecular weight excluding hydrogens is 387 g/mol. The number of azo groups is 1. The highest BCUT2D eigenvalue weighted by molar-refractivity contribution is 7.92. The molecule has 0 aliphatic rings. The zero-order valence-electron chi connectivity index (χ0n) is 14.2. The number of hydrogen-bond acceptors (Lipinski definition) is 6. The third-order valence-electron chi connectivity index (χ3n) is 3.58. The molecule has 0 heterocycles. The minimum Gasteiger partial charge on any atom is -0.280 e. The van der Waals surface area contributed by atoms with Crippen LogP contribution < -0.4 is 4.72 Å². The second-order valence-corrected chi connectivity index (χ2v) is 7.24. The van der Waals surface area contributed by atoms with Gasteiger partial charge in [-0.25, -0.2) is 8.42 Å². The molecule has 0 spiro atoms. The Bertz CT molecular complexity index is 1130. The van der Waals surface area contributed by atoms with Crippen molar-refractivity contribution >= 4 is 32.8 Å². The third-order valence-corrected chi connectivity index (χ3v) is 4.96. The van der Waals surface area contributed by atoms with Crippen LogP contribution in [0.5, 0.6) is 0 Å². The molecule has 3 rings (SSSR count). The molecule has 10 heteroatoms. The van der Waals surface area contributed by atoms with E-state index in [1.54, 1.807) is 24.3 Å². The Kier molecular flexibility index (Phi) is 5.41. The maximum absolute atomic E-state index is 13.4. The Balaban J connectivity index is 1.77. The molecule has 0 fully saturated rings. The predicted octanol–water partition coefficient (Wildman–Crippen LogP) is 4.95. The number of rotatable bonds is 6. The number of benzene rings is 3. The molecule has 0 bridgehead atoms. The van der Waals surface area contributed by atoms with Crippen LogP contribution in [-0.4, -0.2) is 13.3 Å². The standard InChI is InChI=1S/C18H13FN4O4S/c19-17-11-10-16(12-18(17)23(24)25)28(26,27)22-15-8-6-14(7-9-15)21-20-13-4-2-1-3-5-13/h1-12,22H. The van der Waals surface area contributed by atoms with Gasteiger partial charge in [0.05, 0.1) is 21.2 Å². The first-order valence-electron chi connectivity index (χ1n) is 7.89. The van der Waals surface area contributed by atoms with Gasteiger partial charge in [0.15, 0.2) is 0 Å². The number of anilines is 1. The summed E-state index contributed by atoms with van der Waals surface area (Å²) in [6, 6.07) is 17.5. The Morgan fingerprint density at radius 2 is 1.50 bits per heavy atom. The second kappa shape index (κ2) is 7.92. The first kappa shape index (κ1) is 19.1. The second-order valence-electron chi connectivity index (χ2n) is 5.56. The van der Waals surface area contributed by atoms with Crippen molar-refractivity contribution in [3.8, 4) is 0 Å². The van der Waals surface area contributed by atoms with E-state index in [1.165, 1.54) is 12.1 Å². The van der Waals surface area contributed by atoms with Crippen LogP contribution in [0.3, 0.4) is 0 Å². The lowest BCUT2D eigenvalue weighted by atomic mass is 10.3. The van der Waals surface area contributed by atoms with Crippen LogP contribution >= 0.6 is 0 Å². The minimum absolute atomic E-state index is 0.214. The average Bonchev–Trinajstić information content (AvgIpc) is 2.68. The molecule has 0 saturated carbocycles. The summed E-state index contributed by atoms with van der Waals surface area (Å²) < 4.78 is 40.4. The molecule has 0 aliphatic carbocycles. The van der Waals surface area contributed by atoms with Crippen molar-refractivity contribution in [3.63, 3.8) is 0 Å². The highest BCUT2D eigenvalue weighted by atomic mass is 32.2. The topological polar surface area (TPSA) is 114 Å². The van der Waals surface area contributed by atoms with E-state index in [1.807, 2.05) is 18.2 Å². The molecule has 0 unspecified atom stereocenters. The van der Waals surface area contributed by atoms with Crippen LogP contribution in [0, 0.1) is 15.9 Å². The third kappa shape index (κ3) is 4.54. The fourth-order valence-corrected chi connectivity index (χ4v) is 3.30. The summed E-state index contributed by atoms with van der Waals surface area (Å²) in [5, 5.41) is 18.9. The molecule has 0 radical (unpaired) electrons. The summed E-state index contributed by atoms with van der Waals surface area (Å²) in [4.78, 5) is 9.38. The van der Waals surface area contributed by atoms with Crippen molar-refractivity contribution in [3.05, 3.63) is 88.7 Å². The van der Waals surface area contributed by atoms with E-state index in [0.29, 0.717) is 17.4 Å². The molecule has 142 valence electrons. The summed E-state index contributed by atoms with van der Waals surface area (Å²) in [6.07, 6.45) is 0. The average molecular weight is 400 g/mol. The Morgan fingerprint density at radius 1 is 0.893 bits per heavy atom. The van der Waals surface area contributed by atoms with Gasteiger partial charge in [-0.15, -0.1) is 0 Å². The van der Waals surface area contributed by atoms with Gasteiger partial charge in [0.25, 0.3) is 10.0 Å². The molecule has 3 aromatic rings. The molecule has 0 aromatic heterocycles.